The maximum atomic E-state index is 10.2. The standard InChI is InChI=1S/C5H9NO4/c6-3(5(9)10)1-2-4(7)8/h3H,1-2,6H2,(H,7,8)(H,9,10)/t3-/m0/s1/i1D,2D2/t1-,3+/m1. The van der Waals surface area contributed by atoms with Crippen LogP contribution in [0, 0.1) is 0 Å². The Balaban J connectivity index is 4.67. The van der Waals surface area contributed by atoms with Crippen LogP contribution in [0.5, 0.6) is 0 Å². The Morgan fingerprint density at radius 2 is 2.10 bits per heavy atom. The Labute approximate surface area is 61.7 Å². The molecule has 0 saturated heterocycles. The Morgan fingerprint density at radius 3 is 2.40 bits per heavy atom. The van der Waals surface area contributed by atoms with Crippen molar-refractivity contribution in [2.24, 2.45) is 5.73 Å². The van der Waals surface area contributed by atoms with Crippen molar-refractivity contribution in [3.8, 4) is 0 Å². The summed E-state index contributed by atoms with van der Waals surface area (Å²) >= 11 is 0. The highest BCUT2D eigenvalue weighted by atomic mass is 16.4. The topological polar surface area (TPSA) is 101 Å². The Hall–Kier alpha value is -1.10. The predicted molar refractivity (Wildman–Crippen MR) is 32.5 cm³/mol. The first-order valence-electron chi connectivity index (χ1n) is 3.93. The number of nitrogens with two attached hydrogens (primary N) is 1. The van der Waals surface area contributed by atoms with E-state index in [0.717, 1.165) is 0 Å². The molecule has 0 heterocycles. The molecular weight excluding hydrogens is 138 g/mol. The monoisotopic (exact) mass is 150 g/mol. The molecule has 0 amide bonds. The molecule has 58 valence electrons. The van der Waals surface area contributed by atoms with E-state index in [2.05, 4.69) is 0 Å². The van der Waals surface area contributed by atoms with Gasteiger partial charge in [-0.3, -0.25) is 9.59 Å². The molecule has 0 aromatic rings. The lowest BCUT2D eigenvalue weighted by atomic mass is 10.2. The molecule has 5 heteroatoms. The maximum absolute atomic E-state index is 10.2. The lowest BCUT2D eigenvalue weighted by molar-refractivity contribution is -0.139. The summed E-state index contributed by atoms with van der Waals surface area (Å²) in [5, 5.41) is 16.6. The minimum absolute atomic E-state index is 1.61. The van der Waals surface area contributed by atoms with Crippen LogP contribution in [0.15, 0.2) is 0 Å². The van der Waals surface area contributed by atoms with Crippen LogP contribution < -0.4 is 5.73 Å². The van der Waals surface area contributed by atoms with Crippen LogP contribution in [0.4, 0.5) is 0 Å². The van der Waals surface area contributed by atoms with Gasteiger partial charge in [0.1, 0.15) is 6.04 Å². The molecule has 0 aromatic carbocycles. The second-order valence-electron chi connectivity index (χ2n) is 1.48. The number of carboxylic acids is 2. The van der Waals surface area contributed by atoms with Crippen LogP contribution in [0.2, 0.25) is 0 Å². The van der Waals surface area contributed by atoms with E-state index in [4.69, 9.17) is 20.1 Å². The third-order valence-electron chi connectivity index (χ3n) is 0.672. The van der Waals surface area contributed by atoms with Gasteiger partial charge >= 0.3 is 11.9 Å². The van der Waals surface area contributed by atoms with Gasteiger partial charge in [-0.05, 0) is 6.40 Å². The molecule has 0 aliphatic carbocycles. The van der Waals surface area contributed by atoms with Crippen molar-refractivity contribution in [3.63, 3.8) is 0 Å². The van der Waals surface area contributed by atoms with Crippen molar-refractivity contribution in [1.29, 1.82) is 0 Å². The average molecular weight is 150 g/mol. The zero-order valence-corrected chi connectivity index (χ0v) is 4.94. The van der Waals surface area contributed by atoms with Gasteiger partial charge in [-0.25, -0.2) is 0 Å². The number of rotatable bonds is 4. The Bertz CT molecular complexity index is 232. The highest BCUT2D eigenvalue weighted by molar-refractivity contribution is 5.74. The molecule has 4 N–H and O–H groups in total. The molecule has 0 radical (unpaired) electrons. The SMILES string of the molecule is [2H][C@@H]([C@H](N)C(=O)O)C([2H])([2H])C(=O)O. The molecule has 0 aliphatic heterocycles. The first-order chi connectivity index (χ1) is 5.71. The number of hydrogen-bond acceptors (Lipinski definition) is 3. The summed E-state index contributed by atoms with van der Waals surface area (Å²) in [6.45, 7) is 0. The van der Waals surface area contributed by atoms with Crippen molar-refractivity contribution < 1.29 is 23.9 Å². The predicted octanol–water partition coefficient (Wildman–Crippen LogP) is -0.737. The van der Waals surface area contributed by atoms with Gasteiger partial charge in [0.2, 0.25) is 0 Å². The van der Waals surface area contributed by atoms with Gasteiger partial charge in [-0.1, -0.05) is 0 Å². The van der Waals surface area contributed by atoms with Gasteiger partial charge in [-0.15, -0.1) is 0 Å². The van der Waals surface area contributed by atoms with E-state index in [-0.39, 0.29) is 0 Å². The molecule has 0 unspecified atom stereocenters. The fourth-order valence-corrected chi connectivity index (χ4v) is 0.232. The number of hydrogen-bond donors (Lipinski definition) is 3. The molecule has 10 heavy (non-hydrogen) atoms. The average Bonchev–Trinajstić information content (AvgIpc) is 2.01. The van der Waals surface area contributed by atoms with E-state index in [0.29, 0.717) is 0 Å². The molecule has 0 saturated carbocycles. The van der Waals surface area contributed by atoms with Crippen LogP contribution in [0.25, 0.3) is 0 Å². The molecule has 0 spiro atoms. The van der Waals surface area contributed by atoms with E-state index in [9.17, 15) is 9.59 Å². The normalized spacial score (nSPS) is 21.5. The van der Waals surface area contributed by atoms with Crippen molar-refractivity contribution >= 4 is 11.9 Å². The minimum atomic E-state index is -2.96. The Kier molecular flexibility index (Phi) is 1.79. The van der Waals surface area contributed by atoms with E-state index in [1.54, 1.807) is 0 Å². The fraction of sp³-hybridized carbons (Fsp3) is 0.600. The number of carboxylic acid groups (broad SMARTS) is 2. The molecular formula is C5H9NO4. The van der Waals surface area contributed by atoms with Crippen LogP contribution >= 0.6 is 0 Å². The molecule has 0 bridgehead atoms. The second kappa shape index (κ2) is 3.84. The van der Waals surface area contributed by atoms with Crippen LogP contribution in [-0.2, 0) is 9.59 Å². The fourth-order valence-electron chi connectivity index (χ4n) is 0.232. The molecule has 0 aliphatic rings. The quantitative estimate of drug-likeness (QED) is 0.490. The maximum Gasteiger partial charge on any atom is 0.320 e. The molecule has 0 rings (SSSR count). The third kappa shape index (κ3) is 3.85. The molecule has 5 nitrogen and oxygen atoms in total. The van der Waals surface area contributed by atoms with E-state index in [1.165, 1.54) is 0 Å². The van der Waals surface area contributed by atoms with Crippen molar-refractivity contribution in [2.45, 2.75) is 18.8 Å². The zero-order valence-electron chi connectivity index (χ0n) is 7.94. The van der Waals surface area contributed by atoms with Crippen LogP contribution in [0.1, 0.15) is 16.9 Å². The highest BCUT2D eigenvalue weighted by Gasteiger charge is 2.12. The van der Waals surface area contributed by atoms with Gasteiger partial charge in [0.05, 0.1) is 0 Å². The van der Waals surface area contributed by atoms with Crippen LogP contribution in [-0.4, -0.2) is 28.2 Å². The van der Waals surface area contributed by atoms with Crippen molar-refractivity contribution in [2.75, 3.05) is 0 Å². The van der Waals surface area contributed by atoms with Gasteiger partial charge in [-0.2, -0.15) is 0 Å². The summed E-state index contributed by atoms with van der Waals surface area (Å²) in [7, 11) is 0. The lowest BCUT2D eigenvalue weighted by Gasteiger charge is -2.01. The summed E-state index contributed by atoms with van der Waals surface area (Å²) in [4.78, 5) is 20.5. The third-order valence-corrected chi connectivity index (χ3v) is 0.672. The van der Waals surface area contributed by atoms with Gasteiger partial charge in [0.15, 0.2) is 0 Å². The first kappa shape index (κ1) is 4.68. The summed E-state index contributed by atoms with van der Waals surface area (Å²) in [6.07, 6.45) is -5.00. The van der Waals surface area contributed by atoms with E-state index < -0.39 is 30.8 Å². The first-order valence-corrected chi connectivity index (χ1v) is 2.35. The second-order valence-corrected chi connectivity index (χ2v) is 1.48. The molecule has 0 aromatic heterocycles. The minimum Gasteiger partial charge on any atom is -0.481 e. The van der Waals surface area contributed by atoms with Crippen molar-refractivity contribution in [3.05, 3.63) is 0 Å². The van der Waals surface area contributed by atoms with Gasteiger partial charge in [0, 0.05) is 10.5 Å². The zero-order chi connectivity index (χ0) is 10.8. The number of carbonyl (C=O) groups is 2. The lowest BCUT2D eigenvalue weighted by Crippen LogP contribution is -2.30. The largest absolute Gasteiger partial charge is 0.481 e. The smallest absolute Gasteiger partial charge is 0.320 e. The Morgan fingerprint density at radius 1 is 1.60 bits per heavy atom. The van der Waals surface area contributed by atoms with Gasteiger partial charge in [0.25, 0.3) is 0 Å². The molecule has 2 atom stereocenters. The summed E-state index contributed by atoms with van der Waals surface area (Å²) in [5.74, 6) is -3.51. The van der Waals surface area contributed by atoms with Gasteiger partial charge < -0.3 is 15.9 Å². The summed E-state index contributed by atoms with van der Waals surface area (Å²) in [6, 6.07) is -1.86. The van der Waals surface area contributed by atoms with E-state index in [1.807, 2.05) is 0 Å². The molecule has 0 fully saturated rings. The van der Waals surface area contributed by atoms with Crippen molar-refractivity contribution in [1.82, 2.24) is 0 Å². The number of aliphatic carboxylic acids is 2. The van der Waals surface area contributed by atoms with Crippen LogP contribution in [0.3, 0.4) is 0 Å². The highest BCUT2D eigenvalue weighted by Crippen LogP contribution is 1.93. The summed E-state index contributed by atoms with van der Waals surface area (Å²) in [5.41, 5.74) is 4.89. The van der Waals surface area contributed by atoms with E-state index >= 15 is 0 Å². The summed E-state index contributed by atoms with van der Waals surface area (Å²) < 4.78 is 20.7.